The van der Waals surface area contributed by atoms with Gasteiger partial charge in [0.15, 0.2) is 0 Å². The number of ether oxygens (including phenoxy) is 1. The predicted octanol–water partition coefficient (Wildman–Crippen LogP) is 2.54. The molecule has 76 valence electrons. The average molecular weight is 249 g/mol. The fourth-order valence-electron chi connectivity index (χ4n) is 1.92. The normalized spacial score (nSPS) is 29.2. The van der Waals surface area contributed by atoms with E-state index in [1.807, 2.05) is 0 Å². The van der Waals surface area contributed by atoms with Gasteiger partial charge in [0.05, 0.1) is 6.10 Å². The molecule has 0 N–H and O–H groups in total. The van der Waals surface area contributed by atoms with E-state index in [4.69, 9.17) is 4.74 Å². The molecule has 2 nitrogen and oxygen atoms in total. The molecule has 1 aliphatic rings. The summed E-state index contributed by atoms with van der Waals surface area (Å²) in [5, 5.41) is 0. The lowest BCUT2D eigenvalue weighted by Crippen LogP contribution is -2.32. The molecule has 0 spiro atoms. The Kier molecular flexibility index (Phi) is 3.52. The minimum atomic E-state index is 0.0730. The molecule has 1 rings (SSSR count). The van der Waals surface area contributed by atoms with Crippen LogP contribution in [0, 0.1) is 5.92 Å². The molecule has 1 heterocycles. The summed E-state index contributed by atoms with van der Waals surface area (Å²) < 4.78 is 5.63. The van der Waals surface area contributed by atoms with Gasteiger partial charge in [-0.25, -0.2) is 0 Å². The lowest BCUT2D eigenvalue weighted by atomic mass is 9.87. The van der Waals surface area contributed by atoms with Crippen LogP contribution in [0.5, 0.6) is 0 Å². The Hall–Kier alpha value is 0.110. The highest BCUT2D eigenvalue weighted by Crippen LogP contribution is 2.38. The fraction of sp³-hybridized carbons (Fsp3) is 0.900. The summed E-state index contributed by atoms with van der Waals surface area (Å²) in [5.74, 6) is 0.671. The number of carbonyl (C=O) groups is 1. The van der Waals surface area contributed by atoms with Gasteiger partial charge >= 0.3 is 0 Å². The third kappa shape index (κ3) is 3.06. The largest absolute Gasteiger partial charge is 0.377 e. The molecular weight excluding hydrogens is 232 g/mol. The van der Waals surface area contributed by atoms with Crippen molar-refractivity contribution < 1.29 is 9.53 Å². The maximum atomic E-state index is 11.0. The summed E-state index contributed by atoms with van der Waals surface area (Å²) in [6.07, 6.45) is 1.72. The van der Waals surface area contributed by atoms with Gasteiger partial charge in [0.1, 0.15) is 5.78 Å². The molecule has 1 aliphatic heterocycles. The first-order chi connectivity index (χ1) is 5.91. The summed E-state index contributed by atoms with van der Waals surface area (Å²) in [7, 11) is 0. The van der Waals surface area contributed by atoms with Gasteiger partial charge in [-0.15, -0.1) is 0 Å². The van der Waals surface area contributed by atoms with E-state index in [0.29, 0.717) is 12.3 Å². The molecule has 1 unspecified atom stereocenters. The van der Waals surface area contributed by atoms with Crippen LogP contribution >= 0.6 is 15.9 Å². The maximum Gasteiger partial charge on any atom is 0.132 e. The monoisotopic (exact) mass is 248 g/mol. The van der Waals surface area contributed by atoms with E-state index in [-0.39, 0.29) is 16.2 Å². The van der Waals surface area contributed by atoms with Crippen LogP contribution in [-0.4, -0.2) is 22.8 Å². The minimum Gasteiger partial charge on any atom is -0.377 e. The van der Waals surface area contributed by atoms with Gasteiger partial charge in [-0.3, -0.25) is 4.79 Å². The zero-order valence-electron chi connectivity index (χ0n) is 8.47. The second-order valence-electron chi connectivity index (χ2n) is 4.27. The van der Waals surface area contributed by atoms with E-state index < -0.39 is 0 Å². The number of halogens is 1. The summed E-state index contributed by atoms with van der Waals surface area (Å²) >= 11 is 3.64. The van der Waals surface area contributed by atoms with Crippen molar-refractivity contribution >= 4 is 21.7 Å². The standard InChI is InChI=1S/C10H17BrO2/c1-7(12)6-9-8(4-5-13-9)10(2,3)11/h8-9H,4-6H2,1-3H3/t8-,9?/m1/s1. The van der Waals surface area contributed by atoms with Crippen LogP contribution < -0.4 is 0 Å². The van der Waals surface area contributed by atoms with Gasteiger partial charge in [0.2, 0.25) is 0 Å². The maximum absolute atomic E-state index is 11.0. The Bertz CT molecular complexity index is 196. The summed E-state index contributed by atoms with van der Waals surface area (Å²) in [4.78, 5) is 11.0. The molecule has 0 radical (unpaired) electrons. The molecule has 13 heavy (non-hydrogen) atoms. The van der Waals surface area contributed by atoms with Gasteiger partial charge in [0.25, 0.3) is 0 Å². The molecule has 0 saturated carbocycles. The highest BCUT2D eigenvalue weighted by atomic mass is 79.9. The third-order valence-corrected chi connectivity index (χ3v) is 3.17. The van der Waals surface area contributed by atoms with Gasteiger partial charge in [-0.2, -0.15) is 0 Å². The highest BCUT2D eigenvalue weighted by Gasteiger charge is 2.38. The number of Topliss-reactive ketones (excluding diaryl/α,β-unsaturated/α-hetero) is 1. The fourth-order valence-corrected chi connectivity index (χ4v) is 2.44. The van der Waals surface area contributed by atoms with E-state index in [2.05, 4.69) is 29.8 Å². The lowest BCUT2D eigenvalue weighted by Gasteiger charge is -2.28. The molecule has 0 amide bonds. The summed E-state index contributed by atoms with van der Waals surface area (Å²) in [5.41, 5.74) is 0. The number of ketones is 1. The molecular formula is C10H17BrO2. The first-order valence-electron chi connectivity index (χ1n) is 4.71. The number of hydrogen-bond acceptors (Lipinski definition) is 2. The topological polar surface area (TPSA) is 26.3 Å². The summed E-state index contributed by atoms with van der Waals surface area (Å²) in [6, 6.07) is 0. The Balaban J connectivity index is 2.59. The highest BCUT2D eigenvalue weighted by molar-refractivity contribution is 9.10. The molecule has 1 fully saturated rings. The van der Waals surface area contributed by atoms with Crippen molar-refractivity contribution in [2.45, 2.75) is 44.0 Å². The predicted molar refractivity (Wildman–Crippen MR) is 56.2 cm³/mol. The smallest absolute Gasteiger partial charge is 0.132 e. The van der Waals surface area contributed by atoms with E-state index in [0.717, 1.165) is 13.0 Å². The zero-order valence-corrected chi connectivity index (χ0v) is 10.1. The Morgan fingerprint density at radius 1 is 1.62 bits per heavy atom. The van der Waals surface area contributed by atoms with Crippen LogP contribution in [0.1, 0.15) is 33.6 Å². The molecule has 0 bridgehead atoms. The lowest BCUT2D eigenvalue weighted by molar-refractivity contribution is -0.119. The first kappa shape index (κ1) is 11.2. The van der Waals surface area contributed by atoms with Crippen molar-refractivity contribution in [3.05, 3.63) is 0 Å². The van der Waals surface area contributed by atoms with Crippen LogP contribution in [-0.2, 0) is 9.53 Å². The van der Waals surface area contributed by atoms with Crippen LogP contribution in [0.4, 0.5) is 0 Å². The zero-order chi connectivity index (χ0) is 10.1. The van der Waals surface area contributed by atoms with Crippen molar-refractivity contribution in [3.8, 4) is 0 Å². The molecule has 0 aromatic heterocycles. The minimum absolute atomic E-state index is 0.0730. The van der Waals surface area contributed by atoms with Gasteiger partial charge in [0, 0.05) is 23.3 Å². The Labute approximate surface area is 88.2 Å². The van der Waals surface area contributed by atoms with Crippen LogP contribution in [0.15, 0.2) is 0 Å². The van der Waals surface area contributed by atoms with Crippen LogP contribution in [0.2, 0.25) is 0 Å². The number of alkyl halides is 1. The van der Waals surface area contributed by atoms with Crippen LogP contribution in [0.25, 0.3) is 0 Å². The van der Waals surface area contributed by atoms with E-state index in [9.17, 15) is 4.79 Å². The second kappa shape index (κ2) is 4.09. The molecule has 0 aromatic carbocycles. The van der Waals surface area contributed by atoms with Gasteiger partial charge < -0.3 is 4.74 Å². The van der Waals surface area contributed by atoms with Gasteiger partial charge in [-0.1, -0.05) is 15.9 Å². The molecule has 1 saturated heterocycles. The number of hydrogen-bond donors (Lipinski definition) is 0. The SMILES string of the molecule is CC(=O)CC1OCC[C@H]1C(C)(C)Br. The van der Waals surface area contributed by atoms with Crippen LogP contribution in [0.3, 0.4) is 0 Å². The van der Waals surface area contributed by atoms with Crippen molar-refractivity contribution in [2.24, 2.45) is 5.92 Å². The second-order valence-corrected chi connectivity index (χ2v) is 6.32. The quantitative estimate of drug-likeness (QED) is 0.718. The van der Waals surface area contributed by atoms with E-state index >= 15 is 0 Å². The Morgan fingerprint density at radius 2 is 2.23 bits per heavy atom. The van der Waals surface area contributed by atoms with E-state index in [1.54, 1.807) is 6.92 Å². The van der Waals surface area contributed by atoms with E-state index in [1.165, 1.54) is 0 Å². The molecule has 3 heteroatoms. The average Bonchev–Trinajstić information content (AvgIpc) is 2.31. The number of rotatable bonds is 3. The van der Waals surface area contributed by atoms with Crippen molar-refractivity contribution in [1.29, 1.82) is 0 Å². The van der Waals surface area contributed by atoms with Crippen molar-refractivity contribution in [3.63, 3.8) is 0 Å². The summed E-state index contributed by atoms with van der Waals surface area (Å²) in [6.45, 7) is 6.69. The molecule has 2 atom stereocenters. The van der Waals surface area contributed by atoms with Crippen molar-refractivity contribution in [1.82, 2.24) is 0 Å². The van der Waals surface area contributed by atoms with Crippen molar-refractivity contribution in [2.75, 3.05) is 6.61 Å². The molecule has 0 aliphatic carbocycles. The Morgan fingerprint density at radius 3 is 2.69 bits per heavy atom. The first-order valence-corrected chi connectivity index (χ1v) is 5.50. The number of carbonyl (C=O) groups excluding carboxylic acids is 1. The van der Waals surface area contributed by atoms with Gasteiger partial charge in [-0.05, 0) is 27.2 Å². The molecule has 0 aromatic rings. The third-order valence-electron chi connectivity index (χ3n) is 2.58.